The Hall–Kier alpha value is -1.13. The average molecular weight is 194 g/mol. The van der Waals surface area contributed by atoms with Gasteiger partial charge in [-0.1, -0.05) is 0 Å². The summed E-state index contributed by atoms with van der Waals surface area (Å²) in [6.07, 6.45) is 3.55. The van der Waals surface area contributed by atoms with Gasteiger partial charge in [0.15, 0.2) is 0 Å². The minimum absolute atomic E-state index is 0.201. The van der Waals surface area contributed by atoms with Crippen LogP contribution in [0.2, 0.25) is 0 Å². The summed E-state index contributed by atoms with van der Waals surface area (Å²) < 4.78 is 10.7. The lowest BCUT2D eigenvalue weighted by Gasteiger charge is -2.24. The van der Waals surface area contributed by atoms with E-state index in [-0.39, 0.29) is 6.04 Å². The Morgan fingerprint density at radius 3 is 3.29 bits per heavy atom. The van der Waals surface area contributed by atoms with Gasteiger partial charge in [-0.15, -0.1) is 0 Å². The second-order valence-electron chi connectivity index (χ2n) is 3.20. The van der Waals surface area contributed by atoms with Crippen molar-refractivity contribution < 1.29 is 9.47 Å². The van der Waals surface area contributed by atoms with E-state index < -0.39 is 0 Å². The van der Waals surface area contributed by atoms with Crippen molar-refractivity contribution in [3.63, 3.8) is 0 Å². The van der Waals surface area contributed by atoms with E-state index in [2.05, 4.69) is 10.3 Å². The second kappa shape index (κ2) is 4.39. The van der Waals surface area contributed by atoms with Crippen LogP contribution < -0.4 is 10.1 Å². The van der Waals surface area contributed by atoms with Crippen LogP contribution in [0.1, 0.15) is 11.6 Å². The van der Waals surface area contributed by atoms with Crippen LogP contribution in [0.15, 0.2) is 18.5 Å². The van der Waals surface area contributed by atoms with Crippen molar-refractivity contribution in [2.75, 3.05) is 26.9 Å². The van der Waals surface area contributed by atoms with Gasteiger partial charge in [-0.25, -0.2) is 0 Å². The lowest BCUT2D eigenvalue weighted by Crippen LogP contribution is -2.34. The number of rotatable bonds is 2. The molecule has 0 spiro atoms. The highest BCUT2D eigenvalue weighted by Gasteiger charge is 2.18. The molecule has 14 heavy (non-hydrogen) atoms. The minimum Gasteiger partial charge on any atom is -0.496 e. The summed E-state index contributed by atoms with van der Waals surface area (Å²) in [7, 11) is 1.67. The van der Waals surface area contributed by atoms with Gasteiger partial charge in [0.25, 0.3) is 0 Å². The van der Waals surface area contributed by atoms with Gasteiger partial charge in [0.2, 0.25) is 0 Å². The van der Waals surface area contributed by atoms with E-state index in [1.165, 1.54) is 0 Å². The predicted octanol–water partition coefficient (Wildman–Crippen LogP) is 0.751. The van der Waals surface area contributed by atoms with Crippen LogP contribution in [0.5, 0.6) is 5.75 Å². The molecule has 0 saturated carbocycles. The quantitative estimate of drug-likeness (QED) is 0.754. The van der Waals surface area contributed by atoms with Crippen molar-refractivity contribution in [3.05, 3.63) is 24.0 Å². The van der Waals surface area contributed by atoms with E-state index in [4.69, 9.17) is 9.47 Å². The molecule has 4 heteroatoms. The van der Waals surface area contributed by atoms with Crippen LogP contribution in [-0.2, 0) is 4.74 Å². The van der Waals surface area contributed by atoms with Crippen LogP contribution in [0.25, 0.3) is 0 Å². The Morgan fingerprint density at radius 1 is 1.64 bits per heavy atom. The van der Waals surface area contributed by atoms with Gasteiger partial charge in [0, 0.05) is 24.5 Å². The first-order valence-electron chi connectivity index (χ1n) is 4.71. The van der Waals surface area contributed by atoms with Gasteiger partial charge in [-0.3, -0.25) is 4.98 Å². The monoisotopic (exact) mass is 194 g/mol. The number of nitrogens with zero attached hydrogens (tertiary/aromatic N) is 1. The van der Waals surface area contributed by atoms with Gasteiger partial charge >= 0.3 is 0 Å². The van der Waals surface area contributed by atoms with E-state index in [9.17, 15) is 0 Å². The molecule has 76 valence electrons. The average Bonchev–Trinajstić information content (AvgIpc) is 2.30. The van der Waals surface area contributed by atoms with Crippen molar-refractivity contribution >= 4 is 0 Å². The first-order chi connectivity index (χ1) is 6.92. The highest BCUT2D eigenvalue weighted by molar-refractivity contribution is 5.33. The molecule has 1 saturated heterocycles. The fourth-order valence-corrected chi connectivity index (χ4v) is 1.61. The number of morpholine rings is 1. The van der Waals surface area contributed by atoms with E-state index in [1.807, 2.05) is 12.3 Å². The first-order valence-corrected chi connectivity index (χ1v) is 4.71. The summed E-state index contributed by atoms with van der Waals surface area (Å²) in [5.41, 5.74) is 1.06. The van der Waals surface area contributed by atoms with Crippen molar-refractivity contribution in [1.82, 2.24) is 10.3 Å². The Morgan fingerprint density at radius 2 is 2.57 bits per heavy atom. The summed E-state index contributed by atoms with van der Waals surface area (Å²) >= 11 is 0. The van der Waals surface area contributed by atoms with Crippen molar-refractivity contribution in [2.45, 2.75) is 6.04 Å². The highest BCUT2D eigenvalue weighted by atomic mass is 16.5. The molecule has 1 aliphatic heterocycles. The number of methoxy groups -OCH3 is 1. The van der Waals surface area contributed by atoms with E-state index in [0.717, 1.165) is 24.5 Å². The first kappa shape index (κ1) is 9.43. The molecule has 1 fully saturated rings. The lowest BCUT2D eigenvalue weighted by molar-refractivity contribution is 0.0759. The van der Waals surface area contributed by atoms with Crippen molar-refractivity contribution in [1.29, 1.82) is 0 Å². The van der Waals surface area contributed by atoms with Crippen molar-refractivity contribution in [3.8, 4) is 5.75 Å². The number of pyridine rings is 1. The SMILES string of the molecule is COc1ccncc1C1COCCN1. The second-order valence-corrected chi connectivity index (χ2v) is 3.20. The summed E-state index contributed by atoms with van der Waals surface area (Å²) in [6.45, 7) is 2.34. The maximum absolute atomic E-state index is 5.39. The van der Waals surface area contributed by atoms with Crippen LogP contribution in [0.4, 0.5) is 0 Å². The summed E-state index contributed by atoms with van der Waals surface area (Å²) in [5.74, 6) is 0.864. The summed E-state index contributed by atoms with van der Waals surface area (Å²) in [4.78, 5) is 4.09. The van der Waals surface area contributed by atoms with E-state index in [1.54, 1.807) is 13.3 Å². The smallest absolute Gasteiger partial charge is 0.126 e. The molecular weight excluding hydrogens is 180 g/mol. The largest absolute Gasteiger partial charge is 0.496 e. The molecule has 0 radical (unpaired) electrons. The van der Waals surface area contributed by atoms with E-state index in [0.29, 0.717) is 6.61 Å². The maximum atomic E-state index is 5.39. The molecule has 0 bridgehead atoms. The zero-order valence-corrected chi connectivity index (χ0v) is 8.19. The van der Waals surface area contributed by atoms with Crippen LogP contribution in [-0.4, -0.2) is 31.9 Å². The zero-order valence-electron chi connectivity index (χ0n) is 8.19. The fourth-order valence-electron chi connectivity index (χ4n) is 1.61. The van der Waals surface area contributed by atoms with Gasteiger partial charge in [-0.2, -0.15) is 0 Å². The molecule has 0 aromatic carbocycles. The number of nitrogens with one attached hydrogen (secondary N) is 1. The molecule has 4 nitrogen and oxygen atoms in total. The topological polar surface area (TPSA) is 43.4 Å². The molecular formula is C10H14N2O2. The Labute approximate surface area is 83.2 Å². The Kier molecular flexibility index (Phi) is 2.96. The molecule has 1 N–H and O–H groups in total. The van der Waals surface area contributed by atoms with Gasteiger partial charge in [-0.05, 0) is 6.07 Å². The van der Waals surface area contributed by atoms with Gasteiger partial charge < -0.3 is 14.8 Å². The third kappa shape index (κ3) is 1.86. The van der Waals surface area contributed by atoms with Crippen molar-refractivity contribution in [2.24, 2.45) is 0 Å². The molecule has 2 heterocycles. The Bertz CT molecular complexity index is 298. The normalized spacial score (nSPS) is 21.9. The van der Waals surface area contributed by atoms with Gasteiger partial charge in [0.05, 0.1) is 26.4 Å². The molecule has 0 amide bonds. The molecule has 1 aromatic rings. The fraction of sp³-hybridized carbons (Fsp3) is 0.500. The molecule has 1 aromatic heterocycles. The number of hydrogen-bond acceptors (Lipinski definition) is 4. The molecule has 0 aliphatic carbocycles. The maximum Gasteiger partial charge on any atom is 0.126 e. The standard InChI is InChI=1S/C10H14N2O2/c1-13-10-2-3-11-6-8(10)9-7-14-5-4-12-9/h2-3,6,9,12H,4-5,7H2,1H3. The van der Waals surface area contributed by atoms with Crippen LogP contribution >= 0.6 is 0 Å². The minimum atomic E-state index is 0.201. The third-order valence-electron chi connectivity index (χ3n) is 2.33. The highest BCUT2D eigenvalue weighted by Crippen LogP contribution is 2.24. The zero-order chi connectivity index (χ0) is 9.80. The molecule has 1 aliphatic rings. The third-order valence-corrected chi connectivity index (χ3v) is 2.33. The summed E-state index contributed by atoms with van der Waals surface area (Å²) in [6, 6.07) is 2.07. The number of ether oxygens (including phenoxy) is 2. The number of aromatic nitrogens is 1. The van der Waals surface area contributed by atoms with Crippen LogP contribution in [0.3, 0.4) is 0 Å². The molecule has 1 atom stereocenters. The molecule has 1 unspecified atom stereocenters. The number of hydrogen-bond donors (Lipinski definition) is 1. The molecule has 2 rings (SSSR count). The predicted molar refractivity (Wildman–Crippen MR) is 52.4 cm³/mol. The van der Waals surface area contributed by atoms with E-state index >= 15 is 0 Å². The lowest BCUT2D eigenvalue weighted by atomic mass is 10.1. The van der Waals surface area contributed by atoms with Crippen LogP contribution in [0, 0.1) is 0 Å². The Balaban J connectivity index is 2.20. The summed E-state index contributed by atoms with van der Waals surface area (Å²) in [5, 5.41) is 3.37. The van der Waals surface area contributed by atoms with Gasteiger partial charge in [0.1, 0.15) is 5.75 Å².